The summed E-state index contributed by atoms with van der Waals surface area (Å²) in [5.41, 5.74) is 4.53. The van der Waals surface area contributed by atoms with Gasteiger partial charge in [-0.05, 0) is 55.2 Å². The molecule has 0 unspecified atom stereocenters. The number of hydrogen-bond donors (Lipinski definition) is 0. The summed E-state index contributed by atoms with van der Waals surface area (Å²) in [6.45, 7) is 8.46. The molecule has 0 amide bonds. The number of imidazole rings is 1. The zero-order valence-electron chi connectivity index (χ0n) is 16.5. The van der Waals surface area contributed by atoms with Crippen molar-refractivity contribution in [1.82, 2.24) is 9.38 Å². The van der Waals surface area contributed by atoms with E-state index in [1.807, 2.05) is 49.4 Å². The molecule has 1 aliphatic heterocycles. The minimum atomic E-state index is -0.532. The van der Waals surface area contributed by atoms with Crippen LogP contribution >= 0.6 is 0 Å². The summed E-state index contributed by atoms with van der Waals surface area (Å²) < 4.78 is 22.3. The Balaban J connectivity index is 0.000000970. The van der Waals surface area contributed by atoms with E-state index in [1.54, 1.807) is 13.0 Å². The molecule has 3 aromatic rings. The van der Waals surface area contributed by atoms with E-state index in [2.05, 4.69) is 4.98 Å². The number of fused-ring (bicyclic) bond motifs is 1. The SMILES string of the molecule is C#CC(=O)c1cc(C)c(-c2nc3cc(C)ccn3c2C[C@H]2CO2)c(F)c1.CC.[HH]. The van der Waals surface area contributed by atoms with E-state index in [0.717, 1.165) is 16.9 Å². The summed E-state index contributed by atoms with van der Waals surface area (Å²) in [5, 5.41) is 0. The normalized spacial score (nSPS) is 14.9. The first-order valence-corrected chi connectivity index (χ1v) is 9.38. The number of carbonyl (C=O) groups is 1. The van der Waals surface area contributed by atoms with Gasteiger partial charge in [-0.15, -0.1) is 6.42 Å². The number of terminal acetylenes is 1. The highest BCUT2D eigenvalue weighted by Crippen LogP contribution is 2.33. The molecule has 0 radical (unpaired) electrons. The molecule has 1 atom stereocenters. The molecule has 28 heavy (non-hydrogen) atoms. The zero-order valence-corrected chi connectivity index (χ0v) is 16.5. The minimum Gasteiger partial charge on any atom is -0.373 e. The van der Waals surface area contributed by atoms with E-state index >= 15 is 0 Å². The number of aromatic nitrogens is 2. The monoisotopic (exact) mass is 380 g/mol. The highest BCUT2D eigenvalue weighted by atomic mass is 19.1. The maximum Gasteiger partial charge on any atom is 0.235 e. The quantitative estimate of drug-likeness (QED) is 0.283. The Morgan fingerprint density at radius 2 is 2.11 bits per heavy atom. The Morgan fingerprint density at radius 1 is 1.39 bits per heavy atom. The standard InChI is InChI=1S/C21H17FN2O2.C2H6.H2/c1-4-18(25)14-8-13(3)20(16(22)9-14)21-17(10-15-11-26-15)24-6-5-12(2)7-19(24)23-21;1-2;/h1,5-9,15H,10-11H2,2-3H3;1-2H3;1H/t15-;;/m0../s1. The van der Waals surface area contributed by atoms with E-state index in [4.69, 9.17) is 11.2 Å². The third kappa shape index (κ3) is 3.69. The van der Waals surface area contributed by atoms with Gasteiger partial charge in [-0.25, -0.2) is 9.37 Å². The topological polar surface area (TPSA) is 46.9 Å². The van der Waals surface area contributed by atoms with E-state index in [9.17, 15) is 9.18 Å². The highest BCUT2D eigenvalue weighted by molar-refractivity contribution is 6.09. The molecule has 2 aromatic heterocycles. The number of nitrogens with zero attached hydrogens (tertiary/aromatic N) is 2. The van der Waals surface area contributed by atoms with Gasteiger partial charge >= 0.3 is 0 Å². The Morgan fingerprint density at radius 3 is 2.71 bits per heavy atom. The molecule has 0 saturated carbocycles. The fourth-order valence-corrected chi connectivity index (χ4v) is 3.25. The molecule has 0 spiro atoms. The number of hydrogen-bond acceptors (Lipinski definition) is 3. The molecule has 146 valence electrons. The van der Waals surface area contributed by atoms with Crippen molar-refractivity contribution in [2.24, 2.45) is 0 Å². The second-order valence-corrected chi connectivity index (χ2v) is 6.62. The van der Waals surface area contributed by atoms with E-state index in [0.29, 0.717) is 29.8 Å². The molecule has 1 aliphatic rings. The fourth-order valence-electron chi connectivity index (χ4n) is 3.25. The van der Waals surface area contributed by atoms with E-state index in [-0.39, 0.29) is 13.1 Å². The molecule has 0 bridgehead atoms. The van der Waals surface area contributed by atoms with Crippen LogP contribution in [0, 0.1) is 32.0 Å². The number of Topliss-reactive ketones (excluding diaryl/α,β-unsaturated/α-hetero) is 1. The number of carbonyl (C=O) groups excluding carboxylic acids is 1. The Labute approximate surface area is 165 Å². The molecule has 1 fully saturated rings. The van der Waals surface area contributed by atoms with Crippen molar-refractivity contribution in [3.63, 3.8) is 0 Å². The van der Waals surface area contributed by atoms with Gasteiger partial charge < -0.3 is 9.14 Å². The number of rotatable bonds is 4. The molecule has 1 saturated heterocycles. The van der Waals surface area contributed by atoms with Crippen molar-refractivity contribution in [2.45, 2.75) is 40.2 Å². The summed E-state index contributed by atoms with van der Waals surface area (Å²) in [4.78, 5) is 16.4. The number of benzene rings is 1. The number of epoxide rings is 1. The Bertz CT molecular complexity index is 1070. The molecule has 3 heterocycles. The van der Waals surface area contributed by atoms with Crippen LogP contribution in [-0.2, 0) is 11.2 Å². The van der Waals surface area contributed by atoms with Crippen LogP contribution < -0.4 is 0 Å². The van der Waals surface area contributed by atoms with Gasteiger partial charge in [0.2, 0.25) is 5.78 Å². The van der Waals surface area contributed by atoms with Gasteiger partial charge in [-0.2, -0.15) is 0 Å². The van der Waals surface area contributed by atoms with Crippen LogP contribution in [0.1, 0.15) is 42.5 Å². The van der Waals surface area contributed by atoms with Crippen LogP contribution in [0.15, 0.2) is 30.5 Å². The molecule has 0 aliphatic carbocycles. The fraction of sp³-hybridized carbons (Fsp3) is 0.304. The van der Waals surface area contributed by atoms with Gasteiger partial charge in [0.15, 0.2) is 0 Å². The lowest BCUT2D eigenvalue weighted by Crippen LogP contribution is -2.03. The molecular weight excluding hydrogens is 355 g/mol. The number of aryl methyl sites for hydroxylation is 2. The lowest BCUT2D eigenvalue weighted by Gasteiger charge is -2.09. The van der Waals surface area contributed by atoms with Crippen molar-refractivity contribution in [3.8, 4) is 23.6 Å². The lowest BCUT2D eigenvalue weighted by atomic mass is 9.98. The van der Waals surface area contributed by atoms with E-state index < -0.39 is 11.6 Å². The summed E-state index contributed by atoms with van der Waals surface area (Å²) in [7, 11) is 0. The zero-order chi connectivity index (χ0) is 20.4. The molecule has 4 rings (SSSR count). The summed E-state index contributed by atoms with van der Waals surface area (Å²) >= 11 is 0. The summed E-state index contributed by atoms with van der Waals surface area (Å²) in [5.74, 6) is 0.996. The molecular formula is C23H25FN2O2. The van der Waals surface area contributed by atoms with Crippen molar-refractivity contribution in [1.29, 1.82) is 0 Å². The smallest absolute Gasteiger partial charge is 0.235 e. The highest BCUT2D eigenvalue weighted by Gasteiger charge is 2.28. The van der Waals surface area contributed by atoms with Crippen molar-refractivity contribution in [2.75, 3.05) is 6.61 Å². The number of ketones is 1. The lowest BCUT2D eigenvalue weighted by molar-refractivity contribution is 0.105. The largest absolute Gasteiger partial charge is 0.373 e. The maximum absolute atomic E-state index is 14.9. The molecule has 4 nitrogen and oxygen atoms in total. The van der Waals surface area contributed by atoms with Gasteiger partial charge in [0.25, 0.3) is 0 Å². The first-order valence-electron chi connectivity index (χ1n) is 9.38. The first-order chi connectivity index (χ1) is 13.5. The van der Waals surface area contributed by atoms with Crippen LogP contribution in [0.3, 0.4) is 0 Å². The van der Waals surface area contributed by atoms with Crippen molar-refractivity contribution in [3.05, 3.63) is 58.7 Å². The van der Waals surface area contributed by atoms with Gasteiger partial charge in [-0.3, -0.25) is 4.79 Å². The van der Waals surface area contributed by atoms with E-state index in [1.165, 1.54) is 6.07 Å². The second-order valence-electron chi connectivity index (χ2n) is 6.62. The summed E-state index contributed by atoms with van der Waals surface area (Å²) in [6, 6.07) is 6.77. The molecule has 1 aromatic carbocycles. The Hall–Kier alpha value is -2.97. The van der Waals surface area contributed by atoms with Gasteiger partial charge in [0.1, 0.15) is 11.5 Å². The first kappa shape index (κ1) is 19.8. The summed E-state index contributed by atoms with van der Waals surface area (Å²) in [6.07, 6.45) is 7.90. The molecule has 0 N–H and O–H groups in total. The second kappa shape index (κ2) is 7.95. The van der Waals surface area contributed by atoms with Crippen LogP contribution in [-0.4, -0.2) is 27.9 Å². The van der Waals surface area contributed by atoms with Crippen molar-refractivity contribution >= 4 is 11.4 Å². The van der Waals surface area contributed by atoms with Gasteiger partial charge in [-0.1, -0.05) is 13.8 Å². The Kier molecular flexibility index (Phi) is 5.62. The predicted octanol–water partition coefficient (Wildman–Crippen LogP) is 4.79. The van der Waals surface area contributed by atoms with Crippen LogP contribution in [0.25, 0.3) is 16.9 Å². The average Bonchev–Trinajstić information content (AvgIpc) is 3.44. The number of pyridine rings is 1. The third-order valence-electron chi connectivity index (χ3n) is 4.62. The third-order valence-corrected chi connectivity index (χ3v) is 4.62. The van der Waals surface area contributed by atoms with Gasteiger partial charge in [0, 0.05) is 25.2 Å². The van der Waals surface area contributed by atoms with Gasteiger partial charge in [0.05, 0.1) is 24.1 Å². The van der Waals surface area contributed by atoms with Crippen LogP contribution in [0.5, 0.6) is 0 Å². The molecule has 5 heteroatoms. The number of ether oxygens (including phenoxy) is 1. The van der Waals surface area contributed by atoms with Crippen LogP contribution in [0.2, 0.25) is 0 Å². The number of halogens is 1. The average molecular weight is 380 g/mol. The maximum atomic E-state index is 14.9. The predicted molar refractivity (Wildman–Crippen MR) is 110 cm³/mol. The van der Waals surface area contributed by atoms with Crippen LogP contribution in [0.4, 0.5) is 4.39 Å². The van der Waals surface area contributed by atoms with Crippen molar-refractivity contribution < 1.29 is 15.3 Å². The minimum absolute atomic E-state index is 0.